The van der Waals surface area contributed by atoms with Gasteiger partial charge in [0, 0.05) is 49.3 Å². The lowest BCUT2D eigenvalue weighted by Crippen LogP contribution is -2.32. The molecule has 46 heavy (non-hydrogen) atoms. The molecule has 2 amide bonds. The molecule has 0 saturated carbocycles. The molecule has 1 aromatic heterocycles. The molecule has 0 radical (unpaired) electrons. The van der Waals surface area contributed by atoms with Crippen LogP contribution in [0.4, 0.5) is 0 Å². The third kappa shape index (κ3) is 9.15. The minimum atomic E-state index is -0.615. The van der Waals surface area contributed by atoms with Crippen LogP contribution in [-0.2, 0) is 32.2 Å². The third-order valence-electron chi connectivity index (χ3n) is 7.69. The zero-order valence-electron chi connectivity index (χ0n) is 25.2. The molecule has 1 fully saturated rings. The van der Waals surface area contributed by atoms with Crippen LogP contribution in [0.1, 0.15) is 60.3 Å². The van der Waals surface area contributed by atoms with E-state index in [4.69, 9.17) is 14.7 Å². The van der Waals surface area contributed by atoms with E-state index < -0.39 is 12.2 Å². The van der Waals surface area contributed by atoms with Crippen LogP contribution >= 0.6 is 11.8 Å². The summed E-state index contributed by atoms with van der Waals surface area (Å²) in [5.74, 6) is -0.0960. The first kappa shape index (κ1) is 33.1. The first-order chi connectivity index (χ1) is 22.4. The van der Waals surface area contributed by atoms with Gasteiger partial charge in [0.05, 0.1) is 18.8 Å². The van der Waals surface area contributed by atoms with Crippen LogP contribution in [0.2, 0.25) is 0 Å². The molecule has 4 aromatic rings. The van der Waals surface area contributed by atoms with E-state index in [9.17, 15) is 19.9 Å². The summed E-state index contributed by atoms with van der Waals surface area (Å²) in [4.78, 5) is 23.3. The number of rotatable bonds is 13. The molecule has 0 aliphatic carbocycles. The first-order valence-corrected chi connectivity index (χ1v) is 16.1. The number of aliphatic hydroxyl groups excluding tert-OH is 1. The molecule has 0 unspecified atom stereocenters. The fraction of sp³-hybridized carbons (Fsp3) is 0.286. The van der Waals surface area contributed by atoms with Crippen LogP contribution in [0.5, 0.6) is 0 Å². The molecular formula is C35H37N3O7S. The second-order valence-corrected chi connectivity index (χ2v) is 12.1. The summed E-state index contributed by atoms with van der Waals surface area (Å²) in [7, 11) is 0. The van der Waals surface area contributed by atoms with Crippen molar-refractivity contribution in [2.45, 2.75) is 62.4 Å². The topological polar surface area (TPSA) is 144 Å². The van der Waals surface area contributed by atoms with Gasteiger partial charge in [-0.1, -0.05) is 78.5 Å². The Morgan fingerprint density at radius 2 is 1.63 bits per heavy atom. The van der Waals surface area contributed by atoms with Crippen molar-refractivity contribution in [2.24, 2.45) is 0 Å². The maximum Gasteiger partial charge on any atom is 0.251 e. The number of amides is 2. The highest BCUT2D eigenvalue weighted by Crippen LogP contribution is 2.39. The number of aromatic nitrogens is 1. The van der Waals surface area contributed by atoms with E-state index in [0.29, 0.717) is 30.2 Å². The maximum absolute atomic E-state index is 12.2. The average Bonchev–Trinajstić information content (AvgIpc) is 3.10. The smallest absolute Gasteiger partial charge is 0.251 e. The number of benzene rings is 3. The zero-order chi connectivity index (χ0) is 32.3. The SMILES string of the molecule is O=C(CCCC(=O)NCc1cccc(-c2ccc([C@H]3O[C@@H](CSc4cccc[n+]4[O-])C[C@@H](c4ccc(CO)cc4)O3)cc2)c1)NO. The van der Waals surface area contributed by atoms with E-state index in [1.165, 1.54) is 18.0 Å². The highest BCUT2D eigenvalue weighted by Gasteiger charge is 2.32. The Balaban J connectivity index is 1.25. The van der Waals surface area contributed by atoms with Gasteiger partial charge in [0.1, 0.15) is 0 Å². The minimum Gasteiger partial charge on any atom is -0.618 e. The summed E-state index contributed by atoms with van der Waals surface area (Å²) >= 11 is 1.45. The number of carbonyl (C=O) groups is 2. The lowest BCUT2D eigenvalue weighted by atomic mass is 9.99. The van der Waals surface area contributed by atoms with Crippen molar-refractivity contribution in [2.75, 3.05) is 5.75 Å². The maximum atomic E-state index is 12.2. The number of ether oxygens (including phenoxy) is 2. The van der Waals surface area contributed by atoms with Crippen LogP contribution in [-0.4, -0.2) is 34.0 Å². The molecule has 11 heteroatoms. The Kier molecular flexibility index (Phi) is 11.8. The fourth-order valence-electron chi connectivity index (χ4n) is 5.17. The number of hydroxylamine groups is 1. The number of thioether (sulfide) groups is 1. The highest BCUT2D eigenvalue weighted by atomic mass is 32.2. The summed E-state index contributed by atoms with van der Waals surface area (Å²) in [5, 5.41) is 33.7. The van der Waals surface area contributed by atoms with E-state index in [1.54, 1.807) is 17.6 Å². The Bertz CT molecular complexity index is 1600. The normalized spacial score (nSPS) is 17.7. The van der Waals surface area contributed by atoms with Gasteiger partial charge in [0.2, 0.25) is 11.8 Å². The molecule has 3 atom stereocenters. The van der Waals surface area contributed by atoms with Gasteiger partial charge in [-0.15, -0.1) is 0 Å². The predicted octanol–water partition coefficient (Wildman–Crippen LogP) is 5.11. The highest BCUT2D eigenvalue weighted by molar-refractivity contribution is 7.99. The minimum absolute atomic E-state index is 0.0274. The molecular weight excluding hydrogens is 606 g/mol. The van der Waals surface area contributed by atoms with Crippen LogP contribution in [0, 0.1) is 5.21 Å². The number of aliphatic hydroxyl groups is 1. The lowest BCUT2D eigenvalue weighted by molar-refractivity contribution is -0.645. The van der Waals surface area contributed by atoms with E-state index in [1.807, 2.05) is 78.9 Å². The summed E-state index contributed by atoms with van der Waals surface area (Å²) in [6.45, 7) is 0.330. The van der Waals surface area contributed by atoms with E-state index in [2.05, 4.69) is 5.32 Å². The summed E-state index contributed by atoms with van der Waals surface area (Å²) in [6.07, 6.45) is 1.71. The largest absolute Gasteiger partial charge is 0.618 e. The number of carbonyl (C=O) groups excluding carboxylic acids is 2. The van der Waals surface area contributed by atoms with Crippen LogP contribution in [0.15, 0.2) is 102 Å². The third-order valence-corrected chi connectivity index (χ3v) is 8.84. The molecule has 5 rings (SSSR count). The number of nitrogens with zero attached hydrogens (tertiary/aromatic N) is 1. The van der Waals surface area contributed by atoms with Gasteiger partial charge < -0.3 is 25.1 Å². The van der Waals surface area contributed by atoms with Crippen LogP contribution in [0.3, 0.4) is 0 Å². The Morgan fingerprint density at radius 1 is 0.870 bits per heavy atom. The summed E-state index contributed by atoms with van der Waals surface area (Å²) in [5.41, 5.74) is 7.19. The lowest BCUT2D eigenvalue weighted by Gasteiger charge is -2.36. The van der Waals surface area contributed by atoms with Gasteiger partial charge in [0.15, 0.2) is 12.5 Å². The van der Waals surface area contributed by atoms with Crippen molar-refractivity contribution in [3.05, 3.63) is 125 Å². The van der Waals surface area contributed by atoms with E-state index in [-0.39, 0.29) is 37.6 Å². The predicted molar refractivity (Wildman–Crippen MR) is 172 cm³/mol. The number of hydrogen-bond donors (Lipinski definition) is 4. The molecule has 0 spiro atoms. The number of pyridine rings is 1. The molecule has 2 heterocycles. The van der Waals surface area contributed by atoms with Crippen molar-refractivity contribution in [3.8, 4) is 11.1 Å². The van der Waals surface area contributed by atoms with Gasteiger partial charge >= 0.3 is 0 Å². The number of hydrogen-bond acceptors (Lipinski definition) is 8. The quantitative estimate of drug-likeness (QED) is 0.0518. The Labute approximate surface area is 271 Å². The van der Waals surface area contributed by atoms with Crippen molar-refractivity contribution in [1.29, 1.82) is 0 Å². The average molecular weight is 644 g/mol. The second kappa shape index (κ2) is 16.3. The summed E-state index contributed by atoms with van der Waals surface area (Å²) < 4.78 is 13.8. The Morgan fingerprint density at radius 3 is 2.37 bits per heavy atom. The van der Waals surface area contributed by atoms with Gasteiger partial charge in [0.25, 0.3) is 5.03 Å². The monoisotopic (exact) mass is 643 g/mol. The van der Waals surface area contributed by atoms with E-state index >= 15 is 0 Å². The van der Waals surface area contributed by atoms with Gasteiger partial charge in [-0.25, -0.2) is 5.48 Å². The second-order valence-electron chi connectivity index (χ2n) is 11.0. The molecule has 240 valence electrons. The molecule has 1 saturated heterocycles. The summed E-state index contributed by atoms with van der Waals surface area (Å²) in [6, 6.07) is 29.0. The van der Waals surface area contributed by atoms with Crippen molar-refractivity contribution in [3.63, 3.8) is 0 Å². The van der Waals surface area contributed by atoms with E-state index in [0.717, 1.165) is 38.1 Å². The molecule has 1 aliphatic rings. The van der Waals surface area contributed by atoms with Crippen molar-refractivity contribution < 1.29 is 34.1 Å². The fourth-order valence-corrected chi connectivity index (χ4v) is 6.11. The standard InChI is InChI=1S/C35H37N3O7S/c39-22-24-10-12-27(13-11-24)31-20-30(23-46-34-9-1-2-18-38(34)43)44-35(45-31)28-16-14-26(15-17-28)29-6-3-5-25(19-29)21-36-32(40)7-4-8-33(41)37-42/h1-3,5-6,9-19,30-31,35,39,42H,4,7-8,20-23H2,(H,36,40)(H,37,41)/t30-,31+,35+/m1/s1. The molecule has 1 aliphatic heterocycles. The van der Waals surface area contributed by atoms with Crippen LogP contribution in [0.25, 0.3) is 11.1 Å². The van der Waals surface area contributed by atoms with Crippen molar-refractivity contribution in [1.82, 2.24) is 10.8 Å². The van der Waals surface area contributed by atoms with Crippen LogP contribution < -0.4 is 15.5 Å². The van der Waals surface area contributed by atoms with Gasteiger partial charge in [-0.3, -0.25) is 14.8 Å². The van der Waals surface area contributed by atoms with Gasteiger partial charge in [-0.2, -0.15) is 4.73 Å². The first-order valence-electron chi connectivity index (χ1n) is 15.1. The van der Waals surface area contributed by atoms with Crippen molar-refractivity contribution >= 4 is 23.6 Å². The molecule has 3 aromatic carbocycles. The zero-order valence-corrected chi connectivity index (χ0v) is 26.0. The number of nitrogens with one attached hydrogen (secondary N) is 2. The molecule has 10 nitrogen and oxygen atoms in total. The Hall–Kier alpha value is -4.26. The van der Waals surface area contributed by atoms with Gasteiger partial charge in [-0.05, 0) is 46.4 Å². The molecule has 4 N–H and O–H groups in total. The molecule has 0 bridgehead atoms.